The molecule has 86 valence electrons. The van der Waals surface area contributed by atoms with Crippen LogP contribution in [0.2, 0.25) is 0 Å². The Morgan fingerprint density at radius 1 is 1.47 bits per heavy atom. The molecule has 0 aliphatic carbocycles. The lowest BCUT2D eigenvalue weighted by molar-refractivity contribution is -0.130. The molecule has 2 aliphatic rings. The smallest absolute Gasteiger partial charge is 0.234 e. The third-order valence-electron chi connectivity index (χ3n) is 3.69. The second-order valence-electron chi connectivity index (χ2n) is 5.40. The van der Waals surface area contributed by atoms with Crippen molar-refractivity contribution in [1.82, 2.24) is 10.2 Å². The van der Waals surface area contributed by atoms with Crippen molar-refractivity contribution in [3.05, 3.63) is 0 Å². The average molecular weight is 211 g/mol. The number of nitrogens with zero attached hydrogens (tertiary/aromatic N) is 1. The van der Waals surface area contributed by atoms with E-state index in [0.29, 0.717) is 6.04 Å². The highest BCUT2D eigenvalue weighted by Crippen LogP contribution is 2.29. The van der Waals surface area contributed by atoms with Crippen LogP contribution in [0.25, 0.3) is 0 Å². The molecule has 3 N–H and O–H groups in total. The van der Waals surface area contributed by atoms with Gasteiger partial charge in [0.05, 0.1) is 6.04 Å². The van der Waals surface area contributed by atoms with Crippen molar-refractivity contribution in [3.8, 4) is 0 Å². The molecule has 0 aromatic carbocycles. The van der Waals surface area contributed by atoms with Gasteiger partial charge in [0.1, 0.15) is 0 Å². The second-order valence-corrected chi connectivity index (χ2v) is 5.40. The third kappa shape index (κ3) is 2.16. The Hall–Kier alpha value is -0.610. The number of hydrogen-bond acceptors (Lipinski definition) is 3. The molecule has 0 aromatic heterocycles. The van der Waals surface area contributed by atoms with Crippen LogP contribution in [-0.2, 0) is 4.79 Å². The van der Waals surface area contributed by atoms with Crippen LogP contribution in [0.1, 0.15) is 33.1 Å². The first-order valence-corrected chi connectivity index (χ1v) is 5.80. The number of rotatable bonds is 2. The summed E-state index contributed by atoms with van der Waals surface area (Å²) < 4.78 is 0. The first kappa shape index (κ1) is 10.9. The molecular weight excluding hydrogens is 190 g/mol. The zero-order valence-corrected chi connectivity index (χ0v) is 9.62. The van der Waals surface area contributed by atoms with E-state index in [-0.39, 0.29) is 17.5 Å². The Labute approximate surface area is 91.2 Å². The normalized spacial score (nSPS) is 35.9. The Morgan fingerprint density at radius 3 is 2.67 bits per heavy atom. The van der Waals surface area contributed by atoms with E-state index in [9.17, 15) is 4.79 Å². The van der Waals surface area contributed by atoms with Gasteiger partial charge in [-0.05, 0) is 39.7 Å². The van der Waals surface area contributed by atoms with E-state index in [1.54, 1.807) is 0 Å². The van der Waals surface area contributed by atoms with Crippen molar-refractivity contribution in [3.63, 3.8) is 0 Å². The number of nitrogens with one attached hydrogen (secondary N) is 1. The van der Waals surface area contributed by atoms with Crippen LogP contribution >= 0.6 is 0 Å². The Balaban J connectivity index is 1.96. The maximum absolute atomic E-state index is 11.2. The summed E-state index contributed by atoms with van der Waals surface area (Å²) in [4.78, 5) is 13.4. The fourth-order valence-corrected chi connectivity index (χ4v) is 2.77. The quantitative estimate of drug-likeness (QED) is 0.680. The molecular formula is C11H21N3O. The van der Waals surface area contributed by atoms with Gasteiger partial charge in [-0.25, -0.2) is 0 Å². The second kappa shape index (κ2) is 3.76. The van der Waals surface area contributed by atoms with Gasteiger partial charge in [0, 0.05) is 18.1 Å². The summed E-state index contributed by atoms with van der Waals surface area (Å²) in [6.07, 6.45) is 3.18. The minimum Gasteiger partial charge on any atom is -0.368 e. The number of likely N-dealkylation sites (tertiary alicyclic amines) is 1. The monoisotopic (exact) mass is 211 g/mol. The molecule has 2 fully saturated rings. The molecule has 2 heterocycles. The molecule has 0 aromatic rings. The molecule has 0 spiro atoms. The van der Waals surface area contributed by atoms with Gasteiger partial charge in [-0.2, -0.15) is 0 Å². The lowest BCUT2D eigenvalue weighted by Gasteiger charge is -2.49. The van der Waals surface area contributed by atoms with Crippen LogP contribution in [0, 0.1) is 0 Å². The predicted molar refractivity (Wildman–Crippen MR) is 59.4 cm³/mol. The lowest BCUT2D eigenvalue weighted by Crippen LogP contribution is -2.63. The Bertz CT molecular complexity index is 265. The molecule has 2 unspecified atom stereocenters. The zero-order chi connectivity index (χ0) is 11.1. The van der Waals surface area contributed by atoms with Crippen molar-refractivity contribution in [1.29, 1.82) is 0 Å². The molecule has 0 saturated carbocycles. The fraction of sp³-hybridized carbons (Fsp3) is 0.909. The van der Waals surface area contributed by atoms with Gasteiger partial charge in [-0.15, -0.1) is 0 Å². The van der Waals surface area contributed by atoms with E-state index in [4.69, 9.17) is 5.73 Å². The van der Waals surface area contributed by atoms with Crippen molar-refractivity contribution in [2.24, 2.45) is 5.73 Å². The molecule has 2 atom stereocenters. The molecule has 0 radical (unpaired) electrons. The standard InChI is InChI=1S/C11H21N3O/c1-11(2)7-8(3-5-13-11)14-6-4-9(14)10(12)15/h8-9,13H,3-7H2,1-2H3,(H2,12,15). The van der Waals surface area contributed by atoms with Gasteiger partial charge in [0.15, 0.2) is 0 Å². The van der Waals surface area contributed by atoms with Gasteiger partial charge in [0.2, 0.25) is 5.91 Å². The number of primary amides is 1. The van der Waals surface area contributed by atoms with Crippen LogP contribution in [-0.4, -0.2) is 41.5 Å². The van der Waals surface area contributed by atoms with E-state index < -0.39 is 0 Å². The van der Waals surface area contributed by atoms with E-state index in [1.807, 2.05) is 0 Å². The van der Waals surface area contributed by atoms with E-state index in [2.05, 4.69) is 24.1 Å². The van der Waals surface area contributed by atoms with Gasteiger partial charge in [0.25, 0.3) is 0 Å². The lowest BCUT2D eigenvalue weighted by atomic mass is 9.85. The van der Waals surface area contributed by atoms with Crippen molar-refractivity contribution >= 4 is 5.91 Å². The van der Waals surface area contributed by atoms with Crippen molar-refractivity contribution in [2.75, 3.05) is 13.1 Å². The summed E-state index contributed by atoms with van der Waals surface area (Å²) in [6.45, 7) is 6.52. The summed E-state index contributed by atoms with van der Waals surface area (Å²) in [5.74, 6) is -0.155. The maximum Gasteiger partial charge on any atom is 0.234 e. The Morgan fingerprint density at radius 2 is 2.20 bits per heavy atom. The van der Waals surface area contributed by atoms with Gasteiger partial charge in [-0.1, -0.05) is 0 Å². The van der Waals surface area contributed by atoms with E-state index in [0.717, 1.165) is 32.4 Å². The highest BCUT2D eigenvalue weighted by Gasteiger charge is 2.40. The number of carbonyl (C=O) groups excluding carboxylic acids is 1. The van der Waals surface area contributed by atoms with Crippen LogP contribution in [0.15, 0.2) is 0 Å². The van der Waals surface area contributed by atoms with Gasteiger partial charge in [-0.3, -0.25) is 9.69 Å². The van der Waals surface area contributed by atoms with E-state index in [1.165, 1.54) is 0 Å². The number of nitrogens with two attached hydrogens (primary N) is 1. The largest absolute Gasteiger partial charge is 0.368 e. The summed E-state index contributed by atoms with van der Waals surface area (Å²) in [6, 6.07) is 0.538. The Kier molecular flexibility index (Phi) is 2.73. The molecule has 2 rings (SSSR count). The topological polar surface area (TPSA) is 58.4 Å². The van der Waals surface area contributed by atoms with Gasteiger partial charge >= 0.3 is 0 Å². The van der Waals surface area contributed by atoms with Gasteiger partial charge < -0.3 is 11.1 Å². The van der Waals surface area contributed by atoms with Crippen molar-refractivity contribution < 1.29 is 4.79 Å². The molecule has 4 heteroatoms. The maximum atomic E-state index is 11.2. The number of piperidine rings is 1. The summed E-state index contributed by atoms with van der Waals surface area (Å²) in [5.41, 5.74) is 5.56. The van der Waals surface area contributed by atoms with E-state index >= 15 is 0 Å². The first-order chi connectivity index (χ1) is 6.99. The molecule has 1 amide bonds. The van der Waals surface area contributed by atoms with Crippen LogP contribution in [0.5, 0.6) is 0 Å². The number of hydrogen-bond donors (Lipinski definition) is 2. The number of amides is 1. The third-order valence-corrected chi connectivity index (χ3v) is 3.69. The molecule has 2 aliphatic heterocycles. The summed E-state index contributed by atoms with van der Waals surface area (Å²) in [5, 5.41) is 3.49. The number of carbonyl (C=O) groups is 1. The molecule has 0 bridgehead atoms. The summed E-state index contributed by atoms with van der Waals surface area (Å²) >= 11 is 0. The van der Waals surface area contributed by atoms with Crippen molar-refractivity contribution in [2.45, 2.75) is 50.7 Å². The first-order valence-electron chi connectivity index (χ1n) is 5.80. The SMILES string of the molecule is CC1(C)CC(N2CCC2C(N)=O)CCN1. The molecule has 4 nitrogen and oxygen atoms in total. The predicted octanol–water partition coefficient (Wildman–Crippen LogP) is 0.0766. The van der Waals surface area contributed by atoms with Crippen LogP contribution < -0.4 is 11.1 Å². The highest BCUT2D eigenvalue weighted by molar-refractivity contribution is 5.80. The molecule has 15 heavy (non-hydrogen) atoms. The summed E-state index contributed by atoms with van der Waals surface area (Å²) in [7, 11) is 0. The minimum atomic E-state index is -0.155. The molecule has 2 saturated heterocycles. The zero-order valence-electron chi connectivity index (χ0n) is 9.62. The minimum absolute atomic E-state index is 0.00361. The highest BCUT2D eigenvalue weighted by atomic mass is 16.1. The van der Waals surface area contributed by atoms with Crippen LogP contribution in [0.4, 0.5) is 0 Å². The fourth-order valence-electron chi connectivity index (χ4n) is 2.77. The van der Waals surface area contributed by atoms with Crippen LogP contribution in [0.3, 0.4) is 0 Å². The average Bonchev–Trinajstić information content (AvgIpc) is 1.97.